The highest BCUT2D eigenvalue weighted by Crippen LogP contribution is 2.34. The number of hydrogen-bond donors (Lipinski definition) is 1. The Morgan fingerprint density at radius 1 is 1.28 bits per heavy atom. The van der Waals surface area contributed by atoms with Gasteiger partial charge in [0.05, 0.1) is 11.7 Å². The van der Waals surface area contributed by atoms with Crippen LogP contribution in [-0.2, 0) is 11.3 Å². The Morgan fingerprint density at radius 3 is 3.08 bits per heavy atom. The van der Waals surface area contributed by atoms with Crippen molar-refractivity contribution in [3.63, 3.8) is 0 Å². The van der Waals surface area contributed by atoms with Crippen LogP contribution in [0, 0.1) is 5.82 Å². The van der Waals surface area contributed by atoms with E-state index < -0.39 is 0 Å². The highest BCUT2D eigenvalue weighted by atomic mass is 19.1. The fraction of sp³-hybridized carbons (Fsp3) is 0.316. The van der Waals surface area contributed by atoms with Crippen molar-refractivity contribution in [3.05, 3.63) is 60.2 Å². The Kier molecular flexibility index (Phi) is 4.17. The highest BCUT2D eigenvalue weighted by Gasteiger charge is 2.27. The van der Waals surface area contributed by atoms with Gasteiger partial charge in [0.15, 0.2) is 0 Å². The second-order valence-corrected chi connectivity index (χ2v) is 6.54. The minimum atomic E-state index is -0.204. The summed E-state index contributed by atoms with van der Waals surface area (Å²) in [6, 6.07) is 10.6. The Balaban J connectivity index is 1.37. The van der Waals surface area contributed by atoms with Crippen LogP contribution < -0.4 is 5.32 Å². The molecule has 4 rings (SSSR count). The maximum Gasteiger partial charge on any atom is 0.241 e. The first kappa shape index (κ1) is 15.7. The van der Waals surface area contributed by atoms with Gasteiger partial charge in [-0.05, 0) is 55.0 Å². The van der Waals surface area contributed by atoms with Gasteiger partial charge in [-0.1, -0.05) is 12.1 Å². The van der Waals surface area contributed by atoms with Crippen molar-refractivity contribution in [2.75, 3.05) is 0 Å². The van der Waals surface area contributed by atoms with Crippen LogP contribution in [0.1, 0.15) is 30.7 Å². The normalized spacial score (nSPS) is 20.0. The third-order valence-electron chi connectivity index (χ3n) is 4.82. The molecule has 0 spiro atoms. The molecule has 1 saturated carbocycles. The number of nitrogens with one attached hydrogen (secondary N) is 1. The summed E-state index contributed by atoms with van der Waals surface area (Å²) in [6.07, 6.45) is 6.09. The van der Waals surface area contributed by atoms with Gasteiger partial charge in [-0.2, -0.15) is 5.10 Å². The molecule has 6 heteroatoms. The molecule has 0 saturated heterocycles. The number of aromatic nitrogens is 3. The molecule has 25 heavy (non-hydrogen) atoms. The lowest BCUT2D eigenvalue weighted by Crippen LogP contribution is -2.35. The maximum atomic E-state index is 13.4. The summed E-state index contributed by atoms with van der Waals surface area (Å²) in [4.78, 5) is 16.6. The molecule has 0 bridgehead atoms. The molecule has 1 fully saturated rings. The molecule has 1 N–H and O–H groups in total. The molecule has 1 aliphatic carbocycles. The van der Waals surface area contributed by atoms with Gasteiger partial charge in [0, 0.05) is 12.2 Å². The Labute approximate surface area is 144 Å². The molecule has 1 aliphatic rings. The number of nitrogens with zero attached hydrogens (tertiary/aromatic N) is 3. The number of carbonyl (C=O) groups excluding carboxylic acids is 1. The van der Waals surface area contributed by atoms with Crippen molar-refractivity contribution in [1.29, 1.82) is 0 Å². The molecule has 5 nitrogen and oxygen atoms in total. The lowest BCUT2D eigenvalue weighted by atomic mass is 9.97. The zero-order chi connectivity index (χ0) is 17.2. The van der Waals surface area contributed by atoms with E-state index in [0.29, 0.717) is 5.92 Å². The molecule has 2 aromatic heterocycles. The van der Waals surface area contributed by atoms with Crippen LogP contribution in [0.2, 0.25) is 0 Å². The molecule has 3 aromatic rings. The van der Waals surface area contributed by atoms with E-state index in [1.54, 1.807) is 29.2 Å². The summed E-state index contributed by atoms with van der Waals surface area (Å²) < 4.78 is 15.0. The number of halogens is 1. The average molecular weight is 338 g/mol. The number of pyridine rings is 1. The van der Waals surface area contributed by atoms with Gasteiger partial charge in [-0.25, -0.2) is 4.39 Å². The number of amides is 1. The summed E-state index contributed by atoms with van der Waals surface area (Å²) >= 11 is 0. The molecule has 2 unspecified atom stereocenters. The van der Waals surface area contributed by atoms with Gasteiger partial charge in [0.25, 0.3) is 0 Å². The van der Waals surface area contributed by atoms with E-state index in [0.717, 1.165) is 35.9 Å². The molecule has 2 atom stereocenters. The summed E-state index contributed by atoms with van der Waals surface area (Å²) in [5.41, 5.74) is 2.64. The number of hydrogen-bond acceptors (Lipinski definition) is 3. The Bertz CT molecular complexity index is 907. The van der Waals surface area contributed by atoms with Crippen LogP contribution in [0.25, 0.3) is 11.0 Å². The fourth-order valence-electron chi connectivity index (χ4n) is 3.62. The van der Waals surface area contributed by atoms with E-state index in [9.17, 15) is 9.18 Å². The summed E-state index contributed by atoms with van der Waals surface area (Å²) in [6.45, 7) is 0.177. The van der Waals surface area contributed by atoms with E-state index >= 15 is 0 Å². The van der Waals surface area contributed by atoms with E-state index in [4.69, 9.17) is 0 Å². The first-order valence-electron chi connectivity index (χ1n) is 8.50. The van der Waals surface area contributed by atoms with Crippen molar-refractivity contribution < 1.29 is 9.18 Å². The van der Waals surface area contributed by atoms with Gasteiger partial charge in [-0.15, -0.1) is 0 Å². The van der Waals surface area contributed by atoms with Crippen LogP contribution in [0.3, 0.4) is 0 Å². The third kappa shape index (κ3) is 3.38. The average Bonchev–Trinajstić information content (AvgIpc) is 3.23. The monoisotopic (exact) mass is 338 g/mol. The lowest BCUT2D eigenvalue weighted by Gasteiger charge is -2.14. The minimum absolute atomic E-state index is 0.0567. The fourth-order valence-corrected chi connectivity index (χ4v) is 3.62. The standard InChI is InChI=1S/C19H19FN4O/c20-15-4-1-3-13(9-15)14-6-7-16(10-14)23-19(25)12-24-18-5-2-8-21-17(18)11-22-24/h1-5,8-9,11,14,16H,6-7,10,12H2,(H,23,25). The summed E-state index contributed by atoms with van der Waals surface area (Å²) in [7, 11) is 0. The molecule has 1 amide bonds. The molecular formula is C19H19FN4O. The van der Waals surface area contributed by atoms with Crippen molar-refractivity contribution in [2.24, 2.45) is 0 Å². The molecule has 0 aliphatic heterocycles. The van der Waals surface area contributed by atoms with Crippen LogP contribution >= 0.6 is 0 Å². The quantitative estimate of drug-likeness (QED) is 0.795. The zero-order valence-electron chi connectivity index (χ0n) is 13.7. The van der Waals surface area contributed by atoms with E-state index in [2.05, 4.69) is 15.4 Å². The van der Waals surface area contributed by atoms with Crippen molar-refractivity contribution in [1.82, 2.24) is 20.1 Å². The molecule has 0 radical (unpaired) electrons. The molecule has 2 heterocycles. The molecule has 128 valence electrons. The second-order valence-electron chi connectivity index (χ2n) is 6.54. The summed E-state index contributed by atoms with van der Waals surface area (Å²) in [5, 5.41) is 7.32. The van der Waals surface area contributed by atoms with Crippen LogP contribution in [0.4, 0.5) is 4.39 Å². The number of carbonyl (C=O) groups is 1. The highest BCUT2D eigenvalue weighted by molar-refractivity contribution is 5.79. The van der Waals surface area contributed by atoms with Crippen molar-refractivity contribution in [2.45, 2.75) is 37.8 Å². The van der Waals surface area contributed by atoms with Gasteiger partial charge < -0.3 is 5.32 Å². The van der Waals surface area contributed by atoms with Crippen LogP contribution in [-0.4, -0.2) is 26.7 Å². The Morgan fingerprint density at radius 2 is 2.20 bits per heavy atom. The van der Waals surface area contributed by atoms with Gasteiger partial charge in [0.1, 0.15) is 17.9 Å². The number of fused-ring (bicyclic) bond motifs is 1. The molecule has 1 aromatic carbocycles. The topological polar surface area (TPSA) is 59.8 Å². The van der Waals surface area contributed by atoms with Crippen molar-refractivity contribution >= 4 is 16.9 Å². The van der Waals surface area contributed by atoms with Gasteiger partial charge in [-0.3, -0.25) is 14.5 Å². The van der Waals surface area contributed by atoms with Crippen LogP contribution in [0.5, 0.6) is 0 Å². The van der Waals surface area contributed by atoms with Gasteiger partial charge >= 0.3 is 0 Å². The Hall–Kier alpha value is -2.76. The van der Waals surface area contributed by atoms with Crippen LogP contribution in [0.15, 0.2) is 48.8 Å². The number of rotatable bonds is 4. The molecular weight excluding hydrogens is 319 g/mol. The first-order valence-corrected chi connectivity index (χ1v) is 8.50. The van der Waals surface area contributed by atoms with E-state index in [1.165, 1.54) is 6.07 Å². The van der Waals surface area contributed by atoms with E-state index in [-0.39, 0.29) is 24.3 Å². The van der Waals surface area contributed by atoms with Gasteiger partial charge in [0.2, 0.25) is 5.91 Å². The second kappa shape index (κ2) is 6.63. The van der Waals surface area contributed by atoms with Crippen molar-refractivity contribution in [3.8, 4) is 0 Å². The first-order chi connectivity index (χ1) is 12.2. The number of benzene rings is 1. The predicted molar refractivity (Wildman–Crippen MR) is 92.5 cm³/mol. The zero-order valence-corrected chi connectivity index (χ0v) is 13.7. The maximum absolute atomic E-state index is 13.4. The van der Waals surface area contributed by atoms with E-state index in [1.807, 2.05) is 18.2 Å². The minimum Gasteiger partial charge on any atom is -0.352 e. The smallest absolute Gasteiger partial charge is 0.241 e. The third-order valence-corrected chi connectivity index (χ3v) is 4.82. The lowest BCUT2D eigenvalue weighted by molar-refractivity contribution is -0.122. The SMILES string of the molecule is O=C(Cn1ncc2ncccc21)NC1CCC(c2cccc(F)c2)C1. The largest absolute Gasteiger partial charge is 0.352 e. The summed E-state index contributed by atoms with van der Waals surface area (Å²) in [5.74, 6) is 0.0404. The predicted octanol–water partition coefficient (Wildman–Crippen LogP) is 3.02.